The van der Waals surface area contributed by atoms with Crippen LogP contribution in [-0.2, 0) is 27.1 Å². The lowest BCUT2D eigenvalue weighted by Crippen LogP contribution is -2.14. The van der Waals surface area contributed by atoms with Crippen LogP contribution in [0, 0.1) is 0 Å². The van der Waals surface area contributed by atoms with Crippen molar-refractivity contribution in [2.45, 2.75) is 12.8 Å². The van der Waals surface area contributed by atoms with Gasteiger partial charge in [0.1, 0.15) is 5.69 Å². The van der Waals surface area contributed by atoms with Crippen molar-refractivity contribution >= 4 is 26.0 Å². The molecule has 0 aliphatic carbocycles. The summed E-state index contributed by atoms with van der Waals surface area (Å²) >= 11 is 2.95. The third-order valence-corrected chi connectivity index (χ3v) is 2.61. The van der Waals surface area contributed by atoms with Gasteiger partial charge in [0.15, 0.2) is 0 Å². The first-order chi connectivity index (χ1) is 7.59. The molecule has 17 heavy (non-hydrogen) atoms. The highest BCUT2D eigenvalue weighted by molar-refractivity contribution is 9.10. The zero-order chi connectivity index (χ0) is 13.3. The van der Waals surface area contributed by atoms with Crippen molar-refractivity contribution in [1.29, 1.82) is 0 Å². The number of hydrogen-bond donors (Lipinski definition) is 0. The number of halogens is 4. The van der Waals surface area contributed by atoms with Gasteiger partial charge in [-0.05, 0) is 22.0 Å². The highest BCUT2D eigenvalue weighted by atomic mass is 79.9. The lowest BCUT2D eigenvalue weighted by atomic mass is 10.2. The van der Waals surface area contributed by atoms with E-state index >= 15 is 0 Å². The Morgan fingerprint density at radius 2 is 2.06 bits per heavy atom. The minimum absolute atomic E-state index is 0.303. The maximum Gasteiger partial charge on any atom is 0.433 e. The summed E-state index contributed by atoms with van der Waals surface area (Å²) in [6, 6.07) is 1.11. The second-order valence-electron chi connectivity index (χ2n) is 3.13. The van der Waals surface area contributed by atoms with Gasteiger partial charge < -0.3 is 0 Å². The molecule has 0 unspecified atom stereocenters. The first kappa shape index (κ1) is 14.4. The van der Waals surface area contributed by atoms with Gasteiger partial charge in [-0.1, -0.05) is 0 Å². The molecular weight excluding hydrogens is 327 g/mol. The summed E-state index contributed by atoms with van der Waals surface area (Å²) in [6.45, 7) is -0.708. The third-order valence-electron chi connectivity index (χ3n) is 1.63. The van der Waals surface area contributed by atoms with E-state index in [4.69, 9.17) is 0 Å². The molecule has 1 heterocycles. The van der Waals surface area contributed by atoms with Crippen LogP contribution in [0.25, 0.3) is 0 Å². The van der Waals surface area contributed by atoms with Crippen molar-refractivity contribution in [3.8, 4) is 0 Å². The van der Waals surface area contributed by atoms with Crippen molar-refractivity contribution in [2.24, 2.45) is 0 Å². The molecule has 0 fully saturated rings. The van der Waals surface area contributed by atoms with E-state index < -0.39 is 28.6 Å². The van der Waals surface area contributed by atoms with Crippen LogP contribution in [-0.4, -0.2) is 19.7 Å². The van der Waals surface area contributed by atoms with Gasteiger partial charge in [0.25, 0.3) is 10.1 Å². The second kappa shape index (κ2) is 4.91. The van der Waals surface area contributed by atoms with E-state index in [1.54, 1.807) is 0 Å². The molecule has 0 saturated heterocycles. The predicted octanol–water partition coefficient (Wildman–Crippen LogP) is 2.34. The molecule has 0 radical (unpaired) electrons. The van der Waals surface area contributed by atoms with Crippen molar-refractivity contribution in [3.63, 3.8) is 0 Å². The SMILES string of the molecule is CS(=O)(=O)OCc1cc(Br)cnc1C(F)(F)F. The molecule has 0 amide bonds. The smallest absolute Gasteiger partial charge is 0.265 e. The van der Waals surface area contributed by atoms with E-state index in [-0.39, 0.29) is 5.56 Å². The van der Waals surface area contributed by atoms with Gasteiger partial charge in [-0.25, -0.2) is 0 Å². The lowest BCUT2D eigenvalue weighted by molar-refractivity contribution is -0.142. The summed E-state index contributed by atoms with van der Waals surface area (Å²) in [7, 11) is -3.81. The maximum absolute atomic E-state index is 12.5. The highest BCUT2D eigenvalue weighted by Gasteiger charge is 2.35. The van der Waals surface area contributed by atoms with E-state index in [1.807, 2.05) is 0 Å². The monoisotopic (exact) mass is 333 g/mol. The Morgan fingerprint density at radius 1 is 1.47 bits per heavy atom. The molecule has 4 nitrogen and oxygen atoms in total. The molecule has 0 saturated carbocycles. The Balaban J connectivity index is 3.08. The van der Waals surface area contributed by atoms with Gasteiger partial charge in [-0.3, -0.25) is 9.17 Å². The average Bonchev–Trinajstić information content (AvgIpc) is 2.11. The molecule has 0 aliphatic rings. The first-order valence-corrected chi connectivity index (χ1v) is 6.76. The number of alkyl halides is 3. The van der Waals surface area contributed by atoms with E-state index in [0.29, 0.717) is 4.47 Å². The zero-order valence-corrected chi connectivity index (χ0v) is 10.9. The molecule has 0 spiro atoms. The average molecular weight is 334 g/mol. The Morgan fingerprint density at radius 3 is 2.53 bits per heavy atom. The highest BCUT2D eigenvalue weighted by Crippen LogP contribution is 2.31. The van der Waals surface area contributed by atoms with E-state index in [2.05, 4.69) is 25.1 Å². The quantitative estimate of drug-likeness (QED) is 0.797. The first-order valence-electron chi connectivity index (χ1n) is 4.15. The summed E-state index contributed by atoms with van der Waals surface area (Å²) < 4.78 is 63.6. The van der Waals surface area contributed by atoms with Gasteiger partial charge >= 0.3 is 6.18 Å². The number of hydrogen-bond acceptors (Lipinski definition) is 4. The summed E-state index contributed by atoms with van der Waals surface area (Å²) in [5.74, 6) is 0. The summed E-state index contributed by atoms with van der Waals surface area (Å²) in [5.41, 5.74) is -1.51. The molecule has 96 valence electrons. The summed E-state index contributed by atoms with van der Waals surface area (Å²) in [5, 5.41) is 0. The zero-order valence-electron chi connectivity index (χ0n) is 8.45. The van der Waals surface area contributed by atoms with E-state index in [9.17, 15) is 21.6 Å². The van der Waals surface area contributed by atoms with Crippen LogP contribution in [0.1, 0.15) is 11.3 Å². The topological polar surface area (TPSA) is 56.3 Å². The summed E-state index contributed by atoms with van der Waals surface area (Å²) in [6.07, 6.45) is -2.92. The van der Waals surface area contributed by atoms with Crippen LogP contribution in [0.3, 0.4) is 0 Å². The van der Waals surface area contributed by atoms with Crippen LogP contribution in [0.5, 0.6) is 0 Å². The molecule has 0 N–H and O–H groups in total. The van der Waals surface area contributed by atoms with Crippen LogP contribution in [0.4, 0.5) is 13.2 Å². The van der Waals surface area contributed by atoms with Crippen molar-refractivity contribution in [3.05, 3.63) is 28.0 Å². The maximum atomic E-state index is 12.5. The molecule has 1 aromatic heterocycles. The van der Waals surface area contributed by atoms with E-state index in [1.165, 1.54) is 0 Å². The summed E-state index contributed by atoms with van der Waals surface area (Å²) in [4.78, 5) is 3.20. The van der Waals surface area contributed by atoms with Crippen molar-refractivity contribution < 1.29 is 25.8 Å². The van der Waals surface area contributed by atoms with Gasteiger partial charge in [0.2, 0.25) is 0 Å². The van der Waals surface area contributed by atoms with Crippen LogP contribution < -0.4 is 0 Å². The Hall–Kier alpha value is -0.670. The molecule has 1 aromatic rings. The molecule has 0 aliphatic heterocycles. The number of aromatic nitrogens is 1. The predicted molar refractivity (Wildman–Crippen MR) is 56.6 cm³/mol. The Kier molecular flexibility index (Phi) is 4.15. The molecule has 1 rings (SSSR count). The molecule has 0 bridgehead atoms. The van der Waals surface area contributed by atoms with Crippen molar-refractivity contribution in [1.82, 2.24) is 4.98 Å². The fraction of sp³-hybridized carbons (Fsp3) is 0.375. The van der Waals surface area contributed by atoms with Gasteiger partial charge in [0.05, 0.1) is 12.9 Å². The van der Waals surface area contributed by atoms with Gasteiger partial charge in [-0.15, -0.1) is 0 Å². The largest absolute Gasteiger partial charge is 0.433 e. The van der Waals surface area contributed by atoms with E-state index in [0.717, 1.165) is 18.5 Å². The minimum atomic E-state index is -4.66. The molecule has 9 heteroatoms. The molecule has 0 atom stereocenters. The molecular formula is C8H7BrF3NO3S. The van der Waals surface area contributed by atoms with Gasteiger partial charge in [0, 0.05) is 16.2 Å². The van der Waals surface area contributed by atoms with Crippen LogP contribution in [0.15, 0.2) is 16.7 Å². The standard InChI is InChI=1S/C8H7BrF3NO3S/c1-17(14,15)16-4-5-2-6(9)3-13-7(5)8(10,11)12/h2-3H,4H2,1H3. The van der Waals surface area contributed by atoms with Crippen molar-refractivity contribution in [2.75, 3.05) is 6.26 Å². The second-order valence-corrected chi connectivity index (χ2v) is 5.68. The Labute approximate surface area is 104 Å². The van der Waals surface area contributed by atoms with Gasteiger partial charge in [-0.2, -0.15) is 21.6 Å². The van der Waals surface area contributed by atoms with Crippen LogP contribution in [0.2, 0.25) is 0 Å². The lowest BCUT2D eigenvalue weighted by Gasteiger charge is -2.11. The number of rotatable bonds is 3. The third kappa shape index (κ3) is 4.60. The number of nitrogens with zero attached hydrogens (tertiary/aromatic N) is 1. The Bertz CT molecular complexity index is 515. The number of pyridine rings is 1. The molecule has 0 aromatic carbocycles. The normalized spacial score (nSPS) is 12.8. The van der Waals surface area contributed by atoms with Crippen LogP contribution >= 0.6 is 15.9 Å². The minimum Gasteiger partial charge on any atom is -0.265 e. The fourth-order valence-electron chi connectivity index (χ4n) is 1.02. The fourth-order valence-corrected chi connectivity index (χ4v) is 1.74.